The molecule has 4 atom stereocenters. The number of fused-ring (bicyclic) bond motifs is 1. The number of hydrogen-bond donors (Lipinski definition) is 4. The molecular formula is C10H12N4O4. The molecule has 1 unspecified atom stereocenters. The number of rotatable bonds is 2. The van der Waals surface area contributed by atoms with Crippen LogP contribution in [0.4, 0.5) is 0 Å². The number of aromatic amines is 1. The molecule has 0 bridgehead atoms. The Balaban J connectivity index is 2.00. The third-order valence-corrected chi connectivity index (χ3v) is 3.07. The Hall–Kier alpha value is -1.61. The highest BCUT2D eigenvalue weighted by molar-refractivity contribution is 5.75. The van der Waals surface area contributed by atoms with Crippen molar-refractivity contribution in [3.05, 3.63) is 18.2 Å². The van der Waals surface area contributed by atoms with Crippen LogP contribution in [0.3, 0.4) is 0 Å². The van der Waals surface area contributed by atoms with E-state index < -0.39 is 24.4 Å². The lowest BCUT2D eigenvalue weighted by molar-refractivity contribution is -0.0236. The normalized spacial score (nSPS) is 32.2. The van der Waals surface area contributed by atoms with Crippen molar-refractivity contribution in [2.75, 3.05) is 6.61 Å². The van der Waals surface area contributed by atoms with E-state index in [1.807, 2.05) is 0 Å². The van der Waals surface area contributed by atoms with Gasteiger partial charge in [-0.05, 0) is 0 Å². The maximum Gasteiger partial charge on any atom is 0.130 e. The molecule has 1 aliphatic heterocycles. The maximum absolute atomic E-state index is 9.91. The Kier molecular flexibility index (Phi) is 2.71. The molecule has 2 aromatic rings. The molecule has 0 radical (unpaired) electrons. The summed E-state index contributed by atoms with van der Waals surface area (Å²) < 4.78 is 5.41. The predicted octanol–water partition coefficient (Wildman–Crippen LogP) is -1.49. The Labute approximate surface area is 101 Å². The van der Waals surface area contributed by atoms with E-state index in [1.54, 1.807) is 0 Å². The minimum atomic E-state index is -1.14. The van der Waals surface area contributed by atoms with E-state index in [4.69, 9.17) is 9.84 Å². The van der Waals surface area contributed by atoms with Crippen LogP contribution in [0.5, 0.6) is 0 Å². The van der Waals surface area contributed by atoms with Gasteiger partial charge in [-0.15, -0.1) is 0 Å². The fourth-order valence-corrected chi connectivity index (χ4v) is 2.12. The predicted molar refractivity (Wildman–Crippen MR) is 58.4 cm³/mol. The quantitative estimate of drug-likeness (QED) is 0.513. The lowest BCUT2D eigenvalue weighted by Crippen LogP contribution is -2.32. The van der Waals surface area contributed by atoms with Crippen molar-refractivity contribution in [1.82, 2.24) is 20.2 Å². The molecule has 3 rings (SSSR count). The number of H-pyrrole nitrogens is 1. The van der Waals surface area contributed by atoms with E-state index in [9.17, 15) is 10.2 Å². The van der Waals surface area contributed by atoms with Crippen molar-refractivity contribution in [3.63, 3.8) is 0 Å². The third kappa shape index (κ3) is 1.58. The lowest BCUT2D eigenvalue weighted by atomic mass is 10.1. The van der Waals surface area contributed by atoms with Crippen LogP contribution in [-0.2, 0) is 4.74 Å². The summed E-state index contributed by atoms with van der Waals surface area (Å²) in [7, 11) is 0. The molecule has 1 saturated heterocycles. The Morgan fingerprint density at radius 3 is 2.89 bits per heavy atom. The summed E-state index contributed by atoms with van der Waals surface area (Å²) in [6.07, 6.45) is -0.991. The molecule has 18 heavy (non-hydrogen) atoms. The van der Waals surface area contributed by atoms with Crippen molar-refractivity contribution in [3.8, 4) is 0 Å². The molecule has 0 aliphatic carbocycles. The molecule has 8 heteroatoms. The molecule has 1 aliphatic rings. The number of hydrogen-bond acceptors (Lipinski definition) is 7. The van der Waals surface area contributed by atoms with Gasteiger partial charge in [0, 0.05) is 0 Å². The van der Waals surface area contributed by atoms with Crippen LogP contribution in [-0.4, -0.2) is 60.4 Å². The monoisotopic (exact) mass is 252 g/mol. The molecule has 0 amide bonds. The average molecular weight is 252 g/mol. The van der Waals surface area contributed by atoms with E-state index in [-0.39, 0.29) is 6.61 Å². The Morgan fingerprint density at radius 2 is 2.17 bits per heavy atom. The summed E-state index contributed by atoms with van der Waals surface area (Å²) in [4.78, 5) is 7.89. The largest absolute Gasteiger partial charge is 0.394 e. The molecule has 3 heterocycles. The number of aromatic nitrogens is 4. The second kappa shape index (κ2) is 4.25. The smallest absolute Gasteiger partial charge is 0.130 e. The van der Waals surface area contributed by atoms with Crippen LogP contribution in [0.1, 0.15) is 11.8 Å². The van der Waals surface area contributed by atoms with Crippen LogP contribution in [0, 0.1) is 0 Å². The van der Waals surface area contributed by atoms with Gasteiger partial charge in [-0.25, -0.2) is 9.97 Å². The second-order valence-electron chi connectivity index (χ2n) is 4.15. The molecule has 96 valence electrons. The summed E-state index contributed by atoms with van der Waals surface area (Å²) in [5.41, 5.74) is 1.54. The first-order valence-electron chi connectivity index (χ1n) is 5.49. The van der Waals surface area contributed by atoms with Gasteiger partial charge in [-0.1, -0.05) is 0 Å². The molecule has 1 fully saturated rings. The molecule has 0 saturated carbocycles. The molecule has 2 aromatic heterocycles. The highest BCUT2D eigenvalue weighted by Crippen LogP contribution is 2.34. The first-order chi connectivity index (χ1) is 8.72. The summed E-state index contributed by atoms with van der Waals surface area (Å²) in [6, 6.07) is 0. The highest BCUT2D eigenvalue weighted by Gasteiger charge is 2.44. The van der Waals surface area contributed by atoms with E-state index in [1.165, 1.54) is 12.5 Å². The van der Waals surface area contributed by atoms with Gasteiger partial charge in [0.25, 0.3) is 0 Å². The summed E-state index contributed by atoms with van der Waals surface area (Å²) >= 11 is 0. The number of aliphatic hydroxyl groups excluding tert-OH is 3. The minimum Gasteiger partial charge on any atom is -0.394 e. The fraction of sp³-hybridized carbons (Fsp3) is 0.500. The van der Waals surface area contributed by atoms with Gasteiger partial charge in [-0.3, -0.25) is 5.10 Å². The van der Waals surface area contributed by atoms with Crippen LogP contribution in [0.25, 0.3) is 11.0 Å². The number of aliphatic hydroxyl groups is 3. The van der Waals surface area contributed by atoms with Crippen LogP contribution < -0.4 is 0 Å². The second-order valence-corrected chi connectivity index (χ2v) is 4.15. The molecular weight excluding hydrogens is 240 g/mol. The first kappa shape index (κ1) is 11.5. The lowest BCUT2D eigenvalue weighted by Gasteiger charge is -2.12. The van der Waals surface area contributed by atoms with Gasteiger partial charge < -0.3 is 20.1 Å². The molecule has 0 spiro atoms. The van der Waals surface area contributed by atoms with E-state index in [0.717, 1.165) is 0 Å². The number of nitrogens with one attached hydrogen (secondary N) is 1. The standard InChI is InChI=1S/C10H12N4O4/c15-2-5-8(16)9(17)10(18-5)7-6-4(13-14-7)1-11-3-12-6/h1,3,5,8-10,15-17H,2H2,(H,13,14)/t5-,8-,9?,10+/m1/s1. The van der Waals surface area contributed by atoms with E-state index in [0.29, 0.717) is 16.7 Å². The zero-order valence-electron chi connectivity index (χ0n) is 9.26. The van der Waals surface area contributed by atoms with Crippen LogP contribution >= 0.6 is 0 Å². The van der Waals surface area contributed by atoms with Gasteiger partial charge in [0.05, 0.1) is 18.5 Å². The zero-order chi connectivity index (χ0) is 12.7. The molecule has 0 aromatic carbocycles. The number of ether oxygens (including phenoxy) is 1. The van der Waals surface area contributed by atoms with Crippen molar-refractivity contribution in [1.29, 1.82) is 0 Å². The summed E-state index contributed by atoms with van der Waals surface area (Å²) in [6.45, 7) is -0.365. The van der Waals surface area contributed by atoms with E-state index in [2.05, 4.69) is 20.2 Å². The summed E-state index contributed by atoms with van der Waals surface area (Å²) in [5.74, 6) is 0. The third-order valence-electron chi connectivity index (χ3n) is 3.07. The van der Waals surface area contributed by atoms with Gasteiger partial charge in [-0.2, -0.15) is 5.10 Å². The Morgan fingerprint density at radius 1 is 1.33 bits per heavy atom. The molecule has 8 nitrogen and oxygen atoms in total. The Bertz CT molecular complexity index is 560. The zero-order valence-corrected chi connectivity index (χ0v) is 9.26. The summed E-state index contributed by atoms with van der Waals surface area (Å²) in [5, 5.41) is 35.4. The topological polar surface area (TPSA) is 124 Å². The average Bonchev–Trinajstić information content (AvgIpc) is 2.93. The van der Waals surface area contributed by atoms with E-state index >= 15 is 0 Å². The SMILES string of the molecule is OC[C@H]1O[C@@H](c2[nH]nc3cncnc23)C(O)[C@@H]1O. The molecule has 4 N–H and O–H groups in total. The minimum absolute atomic E-state index is 0.365. The first-order valence-corrected chi connectivity index (χ1v) is 5.49. The van der Waals surface area contributed by atoms with Gasteiger partial charge >= 0.3 is 0 Å². The number of nitrogens with zero attached hydrogens (tertiary/aromatic N) is 3. The van der Waals surface area contributed by atoms with Gasteiger partial charge in [0.1, 0.15) is 41.8 Å². The van der Waals surface area contributed by atoms with Gasteiger partial charge in [0.15, 0.2) is 0 Å². The van der Waals surface area contributed by atoms with Crippen molar-refractivity contribution < 1.29 is 20.1 Å². The maximum atomic E-state index is 9.91. The van der Waals surface area contributed by atoms with Gasteiger partial charge in [0.2, 0.25) is 0 Å². The highest BCUT2D eigenvalue weighted by atomic mass is 16.6. The van der Waals surface area contributed by atoms with Crippen LogP contribution in [0.2, 0.25) is 0 Å². The fourth-order valence-electron chi connectivity index (χ4n) is 2.12. The van der Waals surface area contributed by atoms with Crippen molar-refractivity contribution in [2.45, 2.75) is 24.4 Å². The van der Waals surface area contributed by atoms with Crippen LogP contribution in [0.15, 0.2) is 12.5 Å². The van der Waals surface area contributed by atoms with Crippen molar-refractivity contribution >= 4 is 11.0 Å². The van der Waals surface area contributed by atoms with Crippen molar-refractivity contribution in [2.24, 2.45) is 0 Å².